The van der Waals surface area contributed by atoms with E-state index in [4.69, 9.17) is 16.3 Å². The van der Waals surface area contributed by atoms with E-state index in [-0.39, 0.29) is 0 Å². The first-order valence-electron chi connectivity index (χ1n) is 6.30. The van der Waals surface area contributed by atoms with Crippen molar-refractivity contribution < 1.29 is 4.74 Å². The molecule has 0 aliphatic heterocycles. The smallest absolute Gasteiger partial charge is 0.122 e. The largest absolute Gasteiger partial charge is 0.496 e. The minimum atomic E-state index is 0.318. The number of thiophene rings is 1. The van der Waals surface area contributed by atoms with Crippen molar-refractivity contribution >= 4 is 22.9 Å². The van der Waals surface area contributed by atoms with Gasteiger partial charge in [0.15, 0.2) is 0 Å². The first kappa shape index (κ1) is 14.4. The van der Waals surface area contributed by atoms with E-state index in [1.165, 1.54) is 11.1 Å². The zero-order valence-corrected chi connectivity index (χ0v) is 12.7. The molecule has 0 amide bonds. The average molecular weight is 296 g/mol. The van der Waals surface area contributed by atoms with E-state index in [2.05, 4.69) is 23.7 Å². The minimum absolute atomic E-state index is 0.318. The zero-order valence-electron chi connectivity index (χ0n) is 11.2. The number of hydrogen-bond donors (Lipinski definition) is 1. The molecule has 1 aromatic carbocycles. The molecule has 0 radical (unpaired) electrons. The molecule has 0 aliphatic rings. The lowest BCUT2D eigenvalue weighted by atomic mass is 10.1. The maximum absolute atomic E-state index is 5.95. The molecule has 2 nitrogen and oxygen atoms in total. The second-order valence-electron chi connectivity index (χ2n) is 4.42. The first-order valence-corrected chi connectivity index (χ1v) is 7.55. The van der Waals surface area contributed by atoms with Gasteiger partial charge < -0.3 is 10.1 Å². The Hall–Kier alpha value is -1.03. The van der Waals surface area contributed by atoms with Gasteiger partial charge in [-0.25, -0.2) is 0 Å². The van der Waals surface area contributed by atoms with Crippen LogP contribution in [0.25, 0.3) is 0 Å². The molecule has 1 unspecified atom stereocenters. The van der Waals surface area contributed by atoms with Crippen LogP contribution in [0.4, 0.5) is 0 Å². The molecule has 2 aromatic rings. The van der Waals surface area contributed by atoms with Crippen molar-refractivity contribution in [1.29, 1.82) is 0 Å². The maximum Gasteiger partial charge on any atom is 0.122 e. The summed E-state index contributed by atoms with van der Waals surface area (Å²) in [7, 11) is 1.71. The van der Waals surface area contributed by atoms with Gasteiger partial charge in [-0.05, 0) is 48.5 Å². The number of methoxy groups -OCH3 is 1. The molecule has 1 heterocycles. The van der Waals surface area contributed by atoms with Crippen molar-refractivity contribution in [2.75, 3.05) is 13.7 Å². The Morgan fingerprint density at radius 3 is 2.84 bits per heavy atom. The molecule has 2 rings (SSSR count). The fourth-order valence-electron chi connectivity index (χ4n) is 2.00. The molecule has 0 aliphatic carbocycles. The van der Waals surface area contributed by atoms with Gasteiger partial charge in [0.05, 0.1) is 11.4 Å². The number of halogens is 1. The van der Waals surface area contributed by atoms with Crippen molar-refractivity contribution in [3.63, 3.8) is 0 Å². The zero-order chi connectivity index (χ0) is 13.7. The number of ether oxygens (including phenoxy) is 1. The standard InChI is InChI=1S/C15H18ClNOS/c1-11(13-9-15(16)19-10-13)17-8-7-12-5-3-4-6-14(12)18-2/h3-6,9-11,17H,7-8H2,1-2H3. The summed E-state index contributed by atoms with van der Waals surface area (Å²) < 4.78 is 6.19. The highest BCUT2D eigenvalue weighted by atomic mass is 35.5. The first-order chi connectivity index (χ1) is 9.20. The Morgan fingerprint density at radius 1 is 1.37 bits per heavy atom. The van der Waals surface area contributed by atoms with Crippen LogP contribution in [0.3, 0.4) is 0 Å². The van der Waals surface area contributed by atoms with Crippen molar-refractivity contribution in [3.8, 4) is 5.75 Å². The Kier molecular flexibility index (Phi) is 5.25. The fraction of sp³-hybridized carbons (Fsp3) is 0.333. The molecule has 0 bridgehead atoms. The summed E-state index contributed by atoms with van der Waals surface area (Å²) in [5.74, 6) is 0.954. The number of hydrogen-bond acceptors (Lipinski definition) is 3. The molecule has 0 saturated heterocycles. The molecule has 102 valence electrons. The second-order valence-corrected chi connectivity index (χ2v) is 5.96. The van der Waals surface area contributed by atoms with Crippen LogP contribution in [-0.4, -0.2) is 13.7 Å². The molecule has 0 fully saturated rings. The third-order valence-electron chi connectivity index (χ3n) is 3.13. The third kappa shape index (κ3) is 3.96. The molecule has 0 saturated carbocycles. The Bertz CT molecular complexity index is 526. The van der Waals surface area contributed by atoms with Crippen molar-refractivity contribution in [2.45, 2.75) is 19.4 Å². The second kappa shape index (κ2) is 6.94. The highest BCUT2D eigenvalue weighted by molar-refractivity contribution is 7.14. The van der Waals surface area contributed by atoms with Gasteiger partial charge in [-0.15, -0.1) is 11.3 Å². The monoisotopic (exact) mass is 295 g/mol. The molecule has 1 atom stereocenters. The van der Waals surface area contributed by atoms with Crippen LogP contribution in [0.5, 0.6) is 5.75 Å². The third-order valence-corrected chi connectivity index (χ3v) is 4.23. The van der Waals surface area contributed by atoms with E-state index in [9.17, 15) is 0 Å². The van der Waals surface area contributed by atoms with E-state index in [1.807, 2.05) is 24.3 Å². The SMILES string of the molecule is COc1ccccc1CCNC(C)c1csc(Cl)c1. The number of nitrogens with one attached hydrogen (secondary N) is 1. The number of benzene rings is 1. The van der Waals surface area contributed by atoms with Crippen molar-refractivity contribution in [2.24, 2.45) is 0 Å². The van der Waals surface area contributed by atoms with Gasteiger partial charge in [-0.3, -0.25) is 0 Å². The van der Waals surface area contributed by atoms with Gasteiger partial charge in [0.25, 0.3) is 0 Å². The Balaban J connectivity index is 1.86. The molecule has 1 aromatic heterocycles. The van der Waals surface area contributed by atoms with E-state index < -0.39 is 0 Å². The van der Waals surface area contributed by atoms with Gasteiger partial charge in [0, 0.05) is 6.04 Å². The van der Waals surface area contributed by atoms with Crippen molar-refractivity contribution in [1.82, 2.24) is 5.32 Å². The quantitative estimate of drug-likeness (QED) is 0.858. The van der Waals surface area contributed by atoms with Crippen LogP contribution >= 0.6 is 22.9 Å². The lowest BCUT2D eigenvalue weighted by molar-refractivity contribution is 0.408. The maximum atomic E-state index is 5.95. The minimum Gasteiger partial charge on any atom is -0.496 e. The summed E-state index contributed by atoms with van der Waals surface area (Å²) >= 11 is 7.52. The summed E-state index contributed by atoms with van der Waals surface area (Å²) in [4.78, 5) is 0. The molecular formula is C15H18ClNOS. The summed E-state index contributed by atoms with van der Waals surface area (Å²) in [6.45, 7) is 3.07. The average Bonchev–Trinajstić information content (AvgIpc) is 2.86. The van der Waals surface area contributed by atoms with Gasteiger partial charge in [0.1, 0.15) is 5.75 Å². The van der Waals surface area contributed by atoms with Crippen molar-refractivity contribution in [3.05, 3.63) is 51.2 Å². The van der Waals surface area contributed by atoms with Gasteiger partial charge >= 0.3 is 0 Å². The Morgan fingerprint density at radius 2 is 2.16 bits per heavy atom. The summed E-state index contributed by atoms with van der Waals surface area (Å²) in [6.07, 6.45) is 0.951. The van der Waals surface area contributed by atoms with Crippen LogP contribution in [0.15, 0.2) is 35.7 Å². The molecule has 0 spiro atoms. The van der Waals surface area contributed by atoms with Gasteiger partial charge in [-0.1, -0.05) is 29.8 Å². The normalized spacial score (nSPS) is 12.4. The molecule has 1 N–H and O–H groups in total. The summed E-state index contributed by atoms with van der Waals surface area (Å²) in [6, 6.07) is 10.5. The van der Waals surface area contributed by atoms with Crippen LogP contribution in [-0.2, 0) is 6.42 Å². The number of rotatable bonds is 6. The van der Waals surface area contributed by atoms with E-state index in [1.54, 1.807) is 18.4 Å². The number of para-hydroxylation sites is 1. The molecule has 19 heavy (non-hydrogen) atoms. The highest BCUT2D eigenvalue weighted by Gasteiger charge is 2.07. The predicted molar refractivity (Wildman–Crippen MR) is 82.4 cm³/mol. The fourth-order valence-corrected chi connectivity index (χ4v) is 2.99. The van der Waals surface area contributed by atoms with E-state index in [0.717, 1.165) is 23.1 Å². The van der Waals surface area contributed by atoms with Crippen LogP contribution in [0, 0.1) is 0 Å². The lowest BCUT2D eigenvalue weighted by Gasteiger charge is -2.13. The van der Waals surface area contributed by atoms with E-state index in [0.29, 0.717) is 6.04 Å². The van der Waals surface area contributed by atoms with Gasteiger partial charge in [-0.2, -0.15) is 0 Å². The molecule has 4 heteroatoms. The summed E-state index contributed by atoms with van der Waals surface area (Å²) in [5, 5.41) is 5.60. The van der Waals surface area contributed by atoms with Gasteiger partial charge in [0.2, 0.25) is 0 Å². The van der Waals surface area contributed by atoms with Crippen LogP contribution in [0.1, 0.15) is 24.1 Å². The van der Waals surface area contributed by atoms with Crippen LogP contribution < -0.4 is 10.1 Å². The Labute approximate surface area is 123 Å². The topological polar surface area (TPSA) is 21.3 Å². The van der Waals surface area contributed by atoms with E-state index >= 15 is 0 Å². The van der Waals surface area contributed by atoms with Crippen LogP contribution in [0.2, 0.25) is 4.34 Å². The lowest BCUT2D eigenvalue weighted by Crippen LogP contribution is -2.21. The molecular weight excluding hydrogens is 278 g/mol. The summed E-state index contributed by atoms with van der Waals surface area (Å²) in [5.41, 5.74) is 2.48. The highest BCUT2D eigenvalue weighted by Crippen LogP contribution is 2.24. The predicted octanol–water partition coefficient (Wildman–Crippen LogP) is 4.30.